The molecule has 12 heteroatoms. The number of hydrogen-bond acceptors (Lipinski definition) is 8. The van der Waals surface area contributed by atoms with Crippen molar-refractivity contribution in [3.05, 3.63) is 46.3 Å². The van der Waals surface area contributed by atoms with Crippen LogP contribution in [0.1, 0.15) is 5.69 Å². The van der Waals surface area contributed by atoms with E-state index in [-0.39, 0.29) is 35.1 Å². The molecule has 1 aromatic rings. The number of pyridine rings is 1. The number of sulfone groups is 2. The van der Waals surface area contributed by atoms with E-state index in [1.807, 2.05) is 0 Å². The number of aromatic nitrogens is 1. The number of carbonyl (C=O) groups excluding carboxylic acids is 2. The molecule has 2 aliphatic rings. The molecule has 1 amide bonds. The molecule has 0 unspecified atom stereocenters. The maximum absolute atomic E-state index is 12.4. The van der Waals surface area contributed by atoms with Gasteiger partial charge in [0.15, 0.2) is 25.0 Å². The van der Waals surface area contributed by atoms with Crippen LogP contribution in [0.25, 0.3) is 6.08 Å². The fourth-order valence-electron chi connectivity index (χ4n) is 2.71. The fraction of sp³-hybridized carbons (Fsp3) is 0.214. The molecule has 1 aromatic heterocycles. The van der Waals surface area contributed by atoms with Crippen LogP contribution in [0.2, 0.25) is 0 Å². The number of amides is 1. The van der Waals surface area contributed by atoms with Gasteiger partial charge >= 0.3 is 29.6 Å². The number of fused-ring (bicyclic) bond motifs is 1. The Hall–Kier alpha value is -1.53. The maximum Gasteiger partial charge on any atom is 1.00 e. The van der Waals surface area contributed by atoms with Crippen LogP contribution in [0.4, 0.5) is 0 Å². The van der Waals surface area contributed by atoms with Crippen LogP contribution in [0.5, 0.6) is 0 Å². The van der Waals surface area contributed by atoms with E-state index in [0.717, 1.165) is 0 Å². The molecule has 26 heavy (non-hydrogen) atoms. The van der Waals surface area contributed by atoms with Gasteiger partial charge in [-0.2, -0.15) is 0 Å². The fourth-order valence-corrected chi connectivity index (χ4v) is 6.33. The summed E-state index contributed by atoms with van der Waals surface area (Å²) in [5.41, 5.74) is -0.788. The molecule has 0 aromatic carbocycles. The van der Waals surface area contributed by atoms with Gasteiger partial charge in [-0.25, -0.2) is 16.8 Å². The molecule has 0 radical (unpaired) electrons. The molecule has 1 saturated heterocycles. The molecule has 1 fully saturated rings. The van der Waals surface area contributed by atoms with E-state index >= 15 is 0 Å². The van der Waals surface area contributed by atoms with E-state index in [4.69, 9.17) is 0 Å². The van der Waals surface area contributed by atoms with Gasteiger partial charge in [0.2, 0.25) is 0 Å². The normalized spacial score (nSPS) is 23.1. The summed E-state index contributed by atoms with van der Waals surface area (Å²) in [6.07, 6.45) is 3.35. The summed E-state index contributed by atoms with van der Waals surface area (Å²) in [7, 11) is -8.30. The van der Waals surface area contributed by atoms with Crippen LogP contribution in [-0.2, 0) is 29.3 Å². The van der Waals surface area contributed by atoms with Gasteiger partial charge in [-0.3, -0.25) is 14.7 Å². The van der Waals surface area contributed by atoms with Crippen molar-refractivity contribution in [1.29, 1.82) is 0 Å². The zero-order chi connectivity index (χ0) is 18.6. The van der Waals surface area contributed by atoms with Gasteiger partial charge in [-0.1, -0.05) is 6.07 Å². The molecule has 1 atom stereocenters. The summed E-state index contributed by atoms with van der Waals surface area (Å²) in [4.78, 5) is 27.2. The van der Waals surface area contributed by atoms with Crippen molar-refractivity contribution in [2.24, 2.45) is 0 Å². The third kappa shape index (κ3) is 3.37. The van der Waals surface area contributed by atoms with Crippen LogP contribution in [0.3, 0.4) is 0 Å². The van der Waals surface area contributed by atoms with Gasteiger partial charge in [0, 0.05) is 12.5 Å². The zero-order valence-corrected chi connectivity index (χ0v) is 17.4. The monoisotopic (exact) mass is 406 g/mol. The molecule has 3 heterocycles. The number of aliphatic carboxylic acids is 1. The molecule has 9 nitrogen and oxygen atoms in total. The summed E-state index contributed by atoms with van der Waals surface area (Å²) >= 11 is 0. The third-order valence-corrected chi connectivity index (χ3v) is 7.03. The molecule has 3 rings (SSSR count). The van der Waals surface area contributed by atoms with Gasteiger partial charge in [-0.05, 0) is 18.2 Å². The van der Waals surface area contributed by atoms with E-state index in [1.54, 1.807) is 12.1 Å². The minimum atomic E-state index is -4.16. The van der Waals surface area contributed by atoms with Crippen molar-refractivity contribution in [3.63, 3.8) is 0 Å². The molecular formula is C14H11N2NaO7S2. The third-order valence-electron chi connectivity index (χ3n) is 3.78. The van der Waals surface area contributed by atoms with Gasteiger partial charge in [-0.15, -0.1) is 0 Å². The van der Waals surface area contributed by atoms with Crippen molar-refractivity contribution in [2.75, 3.05) is 12.0 Å². The van der Waals surface area contributed by atoms with E-state index < -0.39 is 53.3 Å². The average molecular weight is 406 g/mol. The molecule has 0 saturated carbocycles. The first-order valence-electron chi connectivity index (χ1n) is 6.86. The Bertz CT molecular complexity index is 1060. The van der Waals surface area contributed by atoms with Gasteiger partial charge in [0.1, 0.15) is 0 Å². The molecule has 0 aliphatic carbocycles. The number of nitrogens with zero attached hydrogens (tertiary/aromatic N) is 2. The first-order chi connectivity index (χ1) is 11.5. The Morgan fingerprint density at radius 3 is 2.54 bits per heavy atom. The first-order valence-corrected chi connectivity index (χ1v) is 10.5. The van der Waals surface area contributed by atoms with Crippen LogP contribution in [0.15, 0.2) is 40.6 Å². The Labute approximate surface area is 171 Å². The zero-order valence-electron chi connectivity index (χ0n) is 13.7. The molecule has 2 aliphatic heterocycles. The molecular weight excluding hydrogens is 395 g/mol. The maximum atomic E-state index is 12.4. The Morgan fingerprint density at radius 2 is 2.04 bits per heavy atom. The number of rotatable bonds is 3. The number of carbonyl (C=O) groups is 2. The second-order valence-corrected chi connectivity index (χ2v) is 9.62. The van der Waals surface area contributed by atoms with Gasteiger partial charge < -0.3 is 9.90 Å². The van der Waals surface area contributed by atoms with Crippen molar-refractivity contribution >= 4 is 37.6 Å². The topological polar surface area (TPSA) is 142 Å². The molecule has 0 bridgehead atoms. The Morgan fingerprint density at radius 1 is 1.38 bits per heavy atom. The quantitative estimate of drug-likeness (QED) is 0.276. The molecule has 0 spiro atoms. The summed E-state index contributed by atoms with van der Waals surface area (Å²) in [6.45, 7) is 0. The number of carboxylic acid groups (broad SMARTS) is 1. The summed E-state index contributed by atoms with van der Waals surface area (Å²) in [6, 6.07) is 4.79. The summed E-state index contributed by atoms with van der Waals surface area (Å²) < 4.78 is 48.4. The van der Waals surface area contributed by atoms with E-state index in [2.05, 4.69) is 4.98 Å². The Kier molecular flexibility index (Phi) is 5.51. The minimum Gasteiger partial charge on any atom is -0.543 e. The summed E-state index contributed by atoms with van der Waals surface area (Å²) in [5.74, 6) is -3.85. The minimum absolute atomic E-state index is 0. The van der Waals surface area contributed by atoms with Crippen molar-refractivity contribution < 1.29 is 61.1 Å². The summed E-state index contributed by atoms with van der Waals surface area (Å²) in [5, 5.41) is 9.80. The van der Waals surface area contributed by atoms with Crippen LogP contribution in [0, 0.1) is 0 Å². The number of carboxylic acids is 1. The van der Waals surface area contributed by atoms with E-state index in [9.17, 15) is 31.5 Å². The van der Waals surface area contributed by atoms with Crippen molar-refractivity contribution in [3.8, 4) is 0 Å². The molecule has 0 N–H and O–H groups in total. The van der Waals surface area contributed by atoms with E-state index in [0.29, 0.717) is 16.8 Å². The predicted octanol–water partition coefficient (Wildman–Crippen LogP) is -4.93. The molecule has 132 valence electrons. The number of hydrogen-bond donors (Lipinski definition) is 0. The predicted molar refractivity (Wildman–Crippen MR) is 83.5 cm³/mol. The van der Waals surface area contributed by atoms with Gasteiger partial charge in [0.25, 0.3) is 5.91 Å². The average Bonchev–Trinajstić information content (AvgIpc) is 2.51. The van der Waals surface area contributed by atoms with Crippen LogP contribution >= 0.6 is 0 Å². The van der Waals surface area contributed by atoms with Gasteiger partial charge in [0.05, 0.1) is 33.6 Å². The SMILES string of the molecule is CS(=O)(=O)C1=C(C(=O)[O-])N2C(=O)/C(=C/c3ccccn3)[C@H]2S(=O)(=O)C1.[Na+]. The largest absolute Gasteiger partial charge is 1.00 e. The smallest absolute Gasteiger partial charge is 0.543 e. The standard InChI is InChI=1S/C14H12N2O7S2.Na/c1-24(20,21)10-7-25(22,23)13-9(6-8-4-2-3-5-15-8)12(17)16(13)11(10)14(18)19;/h2-6,13H,7H2,1H3,(H,18,19);/q;+1/p-1/b9-6-;/t13-;/m1./s1. The van der Waals surface area contributed by atoms with Crippen molar-refractivity contribution in [2.45, 2.75) is 5.37 Å². The van der Waals surface area contributed by atoms with Crippen LogP contribution in [-0.4, -0.2) is 56.0 Å². The number of β-lactam (4-membered cyclic amide) rings is 1. The first kappa shape index (κ1) is 20.8. The van der Waals surface area contributed by atoms with Crippen LogP contribution < -0.4 is 34.7 Å². The van der Waals surface area contributed by atoms with E-state index in [1.165, 1.54) is 18.3 Å². The second kappa shape index (κ2) is 6.89. The second-order valence-electron chi connectivity index (χ2n) is 5.52. The van der Waals surface area contributed by atoms with Crippen molar-refractivity contribution in [1.82, 2.24) is 9.88 Å². The Balaban J connectivity index is 0.00000243.